The van der Waals surface area contributed by atoms with Crippen molar-refractivity contribution in [1.82, 2.24) is 4.98 Å². The van der Waals surface area contributed by atoms with Gasteiger partial charge >= 0.3 is 6.18 Å². The van der Waals surface area contributed by atoms with E-state index >= 15 is 0 Å². The maximum absolute atomic E-state index is 13.0. The van der Waals surface area contributed by atoms with Crippen LogP contribution in [0, 0.1) is 11.6 Å². The fourth-order valence-electron chi connectivity index (χ4n) is 1.66. The lowest BCUT2D eigenvalue weighted by molar-refractivity contribution is -0.137. The number of halogens is 5. The van der Waals surface area contributed by atoms with Crippen molar-refractivity contribution in [3.63, 3.8) is 0 Å². The van der Waals surface area contributed by atoms with Gasteiger partial charge in [-0.2, -0.15) is 13.2 Å². The van der Waals surface area contributed by atoms with E-state index in [1.54, 1.807) is 0 Å². The van der Waals surface area contributed by atoms with Crippen LogP contribution in [0.3, 0.4) is 0 Å². The normalized spacial score (nSPS) is 11.4. The van der Waals surface area contributed by atoms with Gasteiger partial charge in [0.1, 0.15) is 11.6 Å². The third kappa shape index (κ3) is 2.81. The van der Waals surface area contributed by atoms with Crippen LogP contribution >= 0.6 is 0 Å². The van der Waals surface area contributed by atoms with E-state index in [-0.39, 0.29) is 0 Å². The van der Waals surface area contributed by atoms with E-state index in [1.807, 2.05) is 0 Å². The highest BCUT2D eigenvalue weighted by molar-refractivity contribution is 6.09. The number of ketones is 1. The van der Waals surface area contributed by atoms with Crippen molar-refractivity contribution in [1.29, 1.82) is 0 Å². The fraction of sp³-hybridized carbons (Fsp3) is 0.0769. The van der Waals surface area contributed by atoms with Crippen molar-refractivity contribution in [3.05, 3.63) is 65.0 Å². The molecule has 2 aromatic rings. The number of pyridine rings is 1. The molecule has 2 nitrogen and oxygen atoms in total. The van der Waals surface area contributed by atoms with E-state index in [9.17, 15) is 26.7 Å². The zero-order valence-electron chi connectivity index (χ0n) is 9.71. The summed E-state index contributed by atoms with van der Waals surface area (Å²) in [5, 5.41) is 0. The van der Waals surface area contributed by atoms with Crippen LogP contribution < -0.4 is 0 Å². The summed E-state index contributed by atoms with van der Waals surface area (Å²) < 4.78 is 64.3. The molecule has 20 heavy (non-hydrogen) atoms. The Labute approximate surface area is 109 Å². The molecule has 0 unspecified atom stereocenters. The molecule has 0 spiro atoms. The summed E-state index contributed by atoms with van der Waals surface area (Å²) in [5.41, 5.74) is -2.48. The van der Waals surface area contributed by atoms with E-state index in [2.05, 4.69) is 4.98 Å². The van der Waals surface area contributed by atoms with Crippen molar-refractivity contribution >= 4 is 5.78 Å². The third-order valence-corrected chi connectivity index (χ3v) is 2.50. The second-order valence-electron chi connectivity index (χ2n) is 3.91. The summed E-state index contributed by atoms with van der Waals surface area (Å²) in [6.07, 6.45) is -3.17. The van der Waals surface area contributed by atoms with Crippen LogP contribution in [0.4, 0.5) is 22.0 Å². The second kappa shape index (κ2) is 4.99. The number of hydrogen-bond donors (Lipinski definition) is 0. The van der Waals surface area contributed by atoms with Crippen molar-refractivity contribution in [2.24, 2.45) is 0 Å². The van der Waals surface area contributed by atoms with E-state index in [0.29, 0.717) is 30.5 Å². The fourth-order valence-corrected chi connectivity index (χ4v) is 1.66. The predicted molar refractivity (Wildman–Crippen MR) is 59.0 cm³/mol. The molecule has 0 radical (unpaired) electrons. The number of nitrogens with zero attached hydrogens (tertiary/aromatic N) is 1. The smallest absolute Gasteiger partial charge is 0.289 e. The van der Waals surface area contributed by atoms with Crippen LogP contribution in [0.1, 0.15) is 21.5 Å². The Morgan fingerprint density at radius 3 is 2.20 bits per heavy atom. The van der Waals surface area contributed by atoms with E-state index in [0.717, 1.165) is 6.20 Å². The van der Waals surface area contributed by atoms with Crippen molar-refractivity contribution in [2.75, 3.05) is 0 Å². The van der Waals surface area contributed by atoms with Crippen molar-refractivity contribution in [3.8, 4) is 0 Å². The first-order valence-electron chi connectivity index (χ1n) is 5.31. The maximum Gasteiger partial charge on any atom is 0.417 e. The summed E-state index contributed by atoms with van der Waals surface area (Å²) in [6.45, 7) is 0. The first-order valence-corrected chi connectivity index (χ1v) is 5.31. The zero-order valence-corrected chi connectivity index (χ0v) is 9.71. The minimum absolute atomic E-state index is 0.513. The quantitative estimate of drug-likeness (QED) is 0.624. The topological polar surface area (TPSA) is 30.0 Å². The first-order chi connectivity index (χ1) is 9.29. The molecule has 0 aliphatic rings. The molecule has 0 saturated heterocycles. The van der Waals surface area contributed by atoms with Crippen molar-refractivity contribution < 1.29 is 26.7 Å². The Morgan fingerprint density at radius 1 is 1.05 bits per heavy atom. The van der Waals surface area contributed by atoms with Gasteiger partial charge in [0.15, 0.2) is 5.78 Å². The average Bonchev–Trinajstić information content (AvgIpc) is 2.35. The highest BCUT2D eigenvalue weighted by Crippen LogP contribution is 2.32. The first kappa shape index (κ1) is 14.1. The Morgan fingerprint density at radius 2 is 1.65 bits per heavy atom. The molecular formula is C13H6F5NO. The molecule has 0 amide bonds. The summed E-state index contributed by atoms with van der Waals surface area (Å²) in [6, 6.07) is 2.48. The maximum atomic E-state index is 13.0. The number of benzene rings is 1. The van der Waals surface area contributed by atoms with Crippen molar-refractivity contribution in [2.45, 2.75) is 6.18 Å². The summed E-state index contributed by atoms with van der Waals surface area (Å²) in [7, 11) is 0. The SMILES string of the molecule is O=C(c1cc(F)cc(F)c1)c1cnccc1C(F)(F)F. The van der Waals surface area contributed by atoms with Gasteiger partial charge in [0, 0.05) is 24.0 Å². The lowest BCUT2D eigenvalue weighted by atomic mass is 10.00. The summed E-state index contributed by atoms with van der Waals surface area (Å²) >= 11 is 0. The molecule has 7 heteroatoms. The van der Waals surface area contributed by atoms with Gasteiger partial charge in [0.25, 0.3) is 0 Å². The molecule has 1 aromatic carbocycles. The highest BCUT2D eigenvalue weighted by Gasteiger charge is 2.35. The lowest BCUT2D eigenvalue weighted by Crippen LogP contribution is -2.14. The van der Waals surface area contributed by atoms with Crippen LogP contribution in [0.15, 0.2) is 36.7 Å². The van der Waals surface area contributed by atoms with Gasteiger partial charge in [-0.3, -0.25) is 9.78 Å². The Bertz CT molecular complexity index is 646. The predicted octanol–water partition coefficient (Wildman–Crippen LogP) is 3.61. The largest absolute Gasteiger partial charge is 0.417 e. The molecule has 0 N–H and O–H groups in total. The Balaban J connectivity index is 2.54. The van der Waals surface area contributed by atoms with Gasteiger partial charge in [0.05, 0.1) is 11.1 Å². The average molecular weight is 287 g/mol. The van der Waals surface area contributed by atoms with Crippen LogP contribution in [-0.2, 0) is 6.18 Å². The second-order valence-corrected chi connectivity index (χ2v) is 3.91. The number of alkyl halides is 3. The van der Waals surface area contributed by atoms with Gasteiger partial charge in [-0.15, -0.1) is 0 Å². The highest BCUT2D eigenvalue weighted by atomic mass is 19.4. The third-order valence-electron chi connectivity index (χ3n) is 2.50. The van der Waals surface area contributed by atoms with E-state index in [1.165, 1.54) is 0 Å². The van der Waals surface area contributed by atoms with Gasteiger partial charge in [-0.05, 0) is 18.2 Å². The van der Waals surface area contributed by atoms with Gasteiger partial charge < -0.3 is 0 Å². The van der Waals surface area contributed by atoms with Gasteiger partial charge in [0.2, 0.25) is 0 Å². The number of aromatic nitrogens is 1. The minimum atomic E-state index is -4.76. The molecule has 0 bridgehead atoms. The number of hydrogen-bond acceptors (Lipinski definition) is 2. The van der Waals surface area contributed by atoms with Crippen LogP contribution in [0.2, 0.25) is 0 Å². The molecule has 2 rings (SSSR count). The Kier molecular flexibility index (Phi) is 3.52. The zero-order chi connectivity index (χ0) is 14.9. The summed E-state index contributed by atoms with van der Waals surface area (Å²) in [4.78, 5) is 15.4. The molecule has 0 aliphatic carbocycles. The molecule has 104 valence electrons. The molecule has 0 atom stereocenters. The molecule has 1 aromatic heterocycles. The lowest BCUT2D eigenvalue weighted by Gasteiger charge is -2.11. The Hall–Kier alpha value is -2.31. The van der Waals surface area contributed by atoms with Crippen LogP contribution in [0.25, 0.3) is 0 Å². The number of carbonyl (C=O) groups is 1. The van der Waals surface area contributed by atoms with Gasteiger partial charge in [-0.1, -0.05) is 0 Å². The number of rotatable bonds is 2. The molecule has 0 saturated carbocycles. The van der Waals surface area contributed by atoms with E-state index in [4.69, 9.17) is 0 Å². The monoisotopic (exact) mass is 287 g/mol. The summed E-state index contributed by atoms with van der Waals surface area (Å²) in [5.74, 6) is -3.25. The standard InChI is InChI=1S/C13H6F5NO/c14-8-3-7(4-9(15)5-8)12(20)10-6-19-2-1-11(10)13(16,17)18/h1-6H. The minimum Gasteiger partial charge on any atom is -0.289 e. The molecule has 0 fully saturated rings. The molecule has 1 heterocycles. The van der Waals surface area contributed by atoms with Crippen LogP contribution in [-0.4, -0.2) is 10.8 Å². The van der Waals surface area contributed by atoms with Gasteiger partial charge in [-0.25, -0.2) is 8.78 Å². The van der Waals surface area contributed by atoms with Crippen LogP contribution in [0.5, 0.6) is 0 Å². The molecular weight excluding hydrogens is 281 g/mol. The van der Waals surface area contributed by atoms with E-state index < -0.39 is 40.3 Å². The number of carbonyl (C=O) groups excluding carboxylic acids is 1. The molecule has 0 aliphatic heterocycles.